The number of carbonyl (C=O) groups is 2. The summed E-state index contributed by atoms with van der Waals surface area (Å²) in [5.41, 5.74) is 6.50. The number of piperidine rings is 1. The molecule has 188 valence electrons. The van der Waals surface area contributed by atoms with Crippen LogP contribution in [0.2, 0.25) is 0 Å². The fraction of sp³-hybridized carbons (Fsp3) is 0.462. The second kappa shape index (κ2) is 14.7. The lowest BCUT2D eigenvalue weighted by Gasteiger charge is -2.33. The first-order valence-corrected chi connectivity index (χ1v) is 11.9. The Bertz CT molecular complexity index is 993. The molecule has 4 N–H and O–H groups in total. The third-order valence-electron chi connectivity index (χ3n) is 5.80. The highest BCUT2D eigenvalue weighted by Crippen LogP contribution is 2.30. The second-order valence-electron chi connectivity index (χ2n) is 8.60. The van der Waals surface area contributed by atoms with Crippen LogP contribution in [0.25, 0.3) is 0 Å². The molecule has 1 aliphatic heterocycles. The van der Waals surface area contributed by atoms with Gasteiger partial charge < -0.3 is 11.1 Å². The number of aromatic amines is 1. The van der Waals surface area contributed by atoms with Gasteiger partial charge in [-0.3, -0.25) is 19.6 Å². The van der Waals surface area contributed by atoms with E-state index in [-0.39, 0.29) is 29.1 Å². The molecule has 8 nitrogen and oxygen atoms in total. The summed E-state index contributed by atoms with van der Waals surface area (Å²) < 4.78 is 13.8. The molecule has 2 amide bonds. The van der Waals surface area contributed by atoms with E-state index in [9.17, 15) is 14.0 Å². The molecule has 9 heteroatoms. The Balaban J connectivity index is 0.000000217. The summed E-state index contributed by atoms with van der Waals surface area (Å²) in [5.74, 6) is -0.387. The maximum absolute atomic E-state index is 13.8. The zero-order chi connectivity index (χ0) is 25.6. The fourth-order valence-corrected chi connectivity index (χ4v) is 3.49. The molecular formula is C26H35FN6O2. The Morgan fingerprint density at radius 2 is 1.94 bits per heavy atom. The SMILES string of the molecule is C/C=C\C.N#CCC1CCN(Cc2ccccc2)CC1F.NC(=O)c1cn[nH]c1NC(=O)C1CC1. The number of H-pyrrole nitrogens is 1. The number of nitrogens with two attached hydrogens (primary N) is 1. The maximum atomic E-state index is 13.8. The monoisotopic (exact) mass is 482 g/mol. The number of allylic oxidation sites excluding steroid dienone is 2. The number of amides is 2. The molecule has 2 atom stereocenters. The topological polar surface area (TPSA) is 128 Å². The van der Waals surface area contributed by atoms with E-state index in [4.69, 9.17) is 11.0 Å². The summed E-state index contributed by atoms with van der Waals surface area (Å²) in [6, 6.07) is 12.2. The van der Waals surface area contributed by atoms with Gasteiger partial charge in [0.2, 0.25) is 5.91 Å². The van der Waals surface area contributed by atoms with E-state index in [1.165, 1.54) is 11.8 Å². The number of likely N-dealkylation sites (tertiary alicyclic amines) is 1. The molecule has 2 unspecified atom stereocenters. The van der Waals surface area contributed by atoms with Crippen LogP contribution in [-0.2, 0) is 11.3 Å². The smallest absolute Gasteiger partial charge is 0.254 e. The van der Waals surface area contributed by atoms with Gasteiger partial charge in [0.15, 0.2) is 0 Å². The molecule has 4 rings (SSSR count). The van der Waals surface area contributed by atoms with Crippen LogP contribution in [0.1, 0.15) is 55.5 Å². The molecule has 2 fully saturated rings. The van der Waals surface area contributed by atoms with Gasteiger partial charge in [0.1, 0.15) is 17.6 Å². The number of nitrogens with zero attached hydrogens (tertiary/aromatic N) is 3. The zero-order valence-corrected chi connectivity index (χ0v) is 20.4. The maximum Gasteiger partial charge on any atom is 0.254 e. The highest BCUT2D eigenvalue weighted by molar-refractivity contribution is 6.02. The molecule has 2 aromatic rings. The van der Waals surface area contributed by atoms with Crippen LogP contribution in [0, 0.1) is 23.2 Å². The van der Waals surface area contributed by atoms with Crippen molar-refractivity contribution in [3.05, 3.63) is 59.8 Å². The van der Waals surface area contributed by atoms with Gasteiger partial charge in [0.25, 0.3) is 5.91 Å². The quantitative estimate of drug-likeness (QED) is 0.532. The number of nitrogens with one attached hydrogen (secondary N) is 2. The summed E-state index contributed by atoms with van der Waals surface area (Å²) >= 11 is 0. The zero-order valence-electron chi connectivity index (χ0n) is 20.4. The third-order valence-corrected chi connectivity index (χ3v) is 5.80. The standard InChI is InChI=1S/C14H17FN2.C8H10N4O2.C4H8/c15-14-11-17(9-7-13(14)6-8-16)10-12-4-2-1-3-5-12;9-6(13)5-3-10-12-7(5)11-8(14)4-1-2-4;1-3-4-2/h1-5,13-14H,6-7,9-11H2;3-4H,1-2H2,(H2,9,13)(H2,10,11,12,14);3-4H,1-2H3/b;;4-3-. The number of benzene rings is 1. The first kappa shape index (κ1) is 27.7. The number of nitriles is 1. The molecule has 2 heterocycles. The highest BCUT2D eigenvalue weighted by Gasteiger charge is 2.30. The van der Waals surface area contributed by atoms with Crippen LogP contribution in [0.15, 0.2) is 48.7 Å². The van der Waals surface area contributed by atoms with E-state index in [0.717, 1.165) is 32.4 Å². The Labute approximate surface area is 206 Å². The van der Waals surface area contributed by atoms with Crippen molar-refractivity contribution in [3.8, 4) is 6.07 Å². The lowest BCUT2D eigenvalue weighted by molar-refractivity contribution is -0.117. The number of hydrogen-bond acceptors (Lipinski definition) is 5. The molecule has 0 bridgehead atoms. The Kier molecular flexibility index (Phi) is 11.6. The molecule has 0 radical (unpaired) electrons. The van der Waals surface area contributed by atoms with Gasteiger partial charge >= 0.3 is 0 Å². The minimum atomic E-state index is -0.855. The van der Waals surface area contributed by atoms with Gasteiger partial charge in [0.05, 0.1) is 12.3 Å². The minimum absolute atomic E-state index is 0.0629. The minimum Gasteiger partial charge on any atom is -0.365 e. The molecule has 1 aromatic heterocycles. The van der Waals surface area contributed by atoms with E-state index >= 15 is 0 Å². The van der Waals surface area contributed by atoms with E-state index in [1.807, 2.05) is 44.2 Å². The molecule has 0 spiro atoms. The van der Waals surface area contributed by atoms with Crippen molar-refractivity contribution in [2.75, 3.05) is 18.4 Å². The van der Waals surface area contributed by atoms with Gasteiger partial charge in [-0.2, -0.15) is 10.4 Å². The first-order chi connectivity index (χ1) is 16.9. The van der Waals surface area contributed by atoms with Crippen molar-refractivity contribution in [1.29, 1.82) is 5.26 Å². The van der Waals surface area contributed by atoms with Crippen LogP contribution >= 0.6 is 0 Å². The lowest BCUT2D eigenvalue weighted by atomic mass is 9.92. The van der Waals surface area contributed by atoms with Crippen molar-refractivity contribution in [2.45, 2.75) is 52.2 Å². The molecule has 1 saturated carbocycles. The van der Waals surface area contributed by atoms with Crippen molar-refractivity contribution in [3.63, 3.8) is 0 Å². The number of hydrogen-bond donors (Lipinski definition) is 3. The largest absolute Gasteiger partial charge is 0.365 e. The van der Waals surface area contributed by atoms with Crippen LogP contribution in [0.3, 0.4) is 0 Å². The van der Waals surface area contributed by atoms with Gasteiger partial charge in [-0.1, -0.05) is 42.5 Å². The number of halogens is 1. The van der Waals surface area contributed by atoms with Crippen molar-refractivity contribution in [2.24, 2.45) is 17.6 Å². The first-order valence-electron chi connectivity index (χ1n) is 11.9. The average molecular weight is 483 g/mol. The Morgan fingerprint density at radius 1 is 1.26 bits per heavy atom. The van der Waals surface area contributed by atoms with Gasteiger partial charge in [-0.15, -0.1) is 0 Å². The molecule has 1 aliphatic carbocycles. The summed E-state index contributed by atoms with van der Waals surface area (Å²) in [5, 5.41) is 17.3. The molecule has 2 aliphatic rings. The number of rotatable bonds is 6. The van der Waals surface area contributed by atoms with E-state index in [2.05, 4.69) is 38.6 Å². The predicted molar refractivity (Wildman–Crippen MR) is 134 cm³/mol. The second-order valence-corrected chi connectivity index (χ2v) is 8.60. The van der Waals surface area contributed by atoms with Crippen LogP contribution in [-0.4, -0.2) is 46.2 Å². The Morgan fingerprint density at radius 3 is 2.49 bits per heavy atom. The molecule has 1 aromatic carbocycles. The van der Waals surface area contributed by atoms with Crippen molar-refractivity contribution >= 4 is 17.6 Å². The van der Waals surface area contributed by atoms with E-state index < -0.39 is 12.1 Å². The lowest BCUT2D eigenvalue weighted by Crippen LogP contribution is -2.41. The Hall–Kier alpha value is -3.51. The van der Waals surface area contributed by atoms with Crippen LogP contribution in [0.4, 0.5) is 10.2 Å². The number of anilines is 1. The highest BCUT2D eigenvalue weighted by atomic mass is 19.1. The normalized spacial score (nSPS) is 19.5. The number of carbonyl (C=O) groups excluding carboxylic acids is 2. The number of primary amides is 1. The van der Waals surface area contributed by atoms with Gasteiger partial charge in [-0.25, -0.2) is 4.39 Å². The average Bonchev–Trinajstić information content (AvgIpc) is 3.61. The number of alkyl halides is 1. The summed E-state index contributed by atoms with van der Waals surface area (Å²) in [4.78, 5) is 24.3. The van der Waals surface area contributed by atoms with E-state index in [0.29, 0.717) is 13.0 Å². The summed E-state index contributed by atoms with van der Waals surface area (Å²) in [7, 11) is 0. The fourth-order valence-electron chi connectivity index (χ4n) is 3.49. The van der Waals surface area contributed by atoms with E-state index in [1.54, 1.807) is 0 Å². The number of aromatic nitrogens is 2. The summed E-state index contributed by atoms with van der Waals surface area (Å²) in [6.07, 6.45) is 7.40. The van der Waals surface area contributed by atoms with Crippen molar-refractivity contribution < 1.29 is 14.0 Å². The predicted octanol–water partition coefficient (Wildman–Crippen LogP) is 4.20. The molecule has 1 saturated heterocycles. The van der Waals surface area contributed by atoms with Gasteiger partial charge in [0, 0.05) is 31.3 Å². The third kappa shape index (κ3) is 9.71. The van der Waals surface area contributed by atoms with Crippen molar-refractivity contribution in [1.82, 2.24) is 15.1 Å². The molecular weight excluding hydrogens is 447 g/mol. The summed E-state index contributed by atoms with van der Waals surface area (Å²) in [6.45, 7) is 6.16. The van der Waals surface area contributed by atoms with Crippen LogP contribution < -0.4 is 11.1 Å². The molecule has 35 heavy (non-hydrogen) atoms. The van der Waals surface area contributed by atoms with Crippen LogP contribution in [0.5, 0.6) is 0 Å². The van der Waals surface area contributed by atoms with Gasteiger partial charge in [-0.05, 0) is 45.2 Å².